The van der Waals surface area contributed by atoms with Crippen molar-refractivity contribution in [2.45, 2.75) is 37.4 Å². The number of hydrogen-bond acceptors (Lipinski definition) is 5. The molecule has 1 aromatic rings. The summed E-state index contributed by atoms with van der Waals surface area (Å²) in [5.74, 6) is 1.23. The Hall–Kier alpha value is -0.890. The SMILES string of the molecule is CC(NCc1ccc(S(=O)(=O)N(C)C)o1)C1CCOCC1. The molecule has 7 heteroatoms. The molecule has 0 spiro atoms. The van der Waals surface area contributed by atoms with E-state index in [9.17, 15) is 8.42 Å². The minimum Gasteiger partial charge on any atom is -0.447 e. The quantitative estimate of drug-likeness (QED) is 0.860. The molecule has 1 saturated heterocycles. The van der Waals surface area contributed by atoms with E-state index < -0.39 is 10.0 Å². The van der Waals surface area contributed by atoms with Crippen molar-refractivity contribution in [3.8, 4) is 0 Å². The minimum absolute atomic E-state index is 0.0111. The summed E-state index contributed by atoms with van der Waals surface area (Å²) in [5, 5.41) is 3.39. The molecule has 1 fully saturated rings. The van der Waals surface area contributed by atoms with E-state index in [0.717, 1.165) is 30.4 Å². The van der Waals surface area contributed by atoms with Crippen LogP contribution in [0.25, 0.3) is 0 Å². The smallest absolute Gasteiger partial charge is 0.275 e. The van der Waals surface area contributed by atoms with Gasteiger partial charge < -0.3 is 14.5 Å². The van der Waals surface area contributed by atoms with Crippen LogP contribution in [0.1, 0.15) is 25.5 Å². The average Bonchev–Trinajstić information content (AvgIpc) is 2.95. The molecule has 1 unspecified atom stereocenters. The van der Waals surface area contributed by atoms with Gasteiger partial charge in [0.15, 0.2) is 0 Å². The summed E-state index contributed by atoms with van der Waals surface area (Å²) in [7, 11) is -0.515. The molecule has 1 N–H and O–H groups in total. The first-order valence-corrected chi connectivity index (χ1v) is 8.67. The molecule has 0 aliphatic carbocycles. The third-order valence-corrected chi connectivity index (χ3v) is 5.63. The van der Waals surface area contributed by atoms with Gasteiger partial charge in [-0.05, 0) is 37.8 Å². The average molecular weight is 316 g/mol. The van der Waals surface area contributed by atoms with Crippen LogP contribution in [0.3, 0.4) is 0 Å². The summed E-state index contributed by atoms with van der Waals surface area (Å²) in [5.41, 5.74) is 0. The van der Waals surface area contributed by atoms with Crippen molar-refractivity contribution in [2.75, 3.05) is 27.3 Å². The number of hydrogen-bond donors (Lipinski definition) is 1. The van der Waals surface area contributed by atoms with Gasteiger partial charge in [-0.1, -0.05) is 0 Å². The second-order valence-electron chi connectivity index (χ2n) is 5.63. The van der Waals surface area contributed by atoms with Gasteiger partial charge in [-0.25, -0.2) is 12.7 Å². The van der Waals surface area contributed by atoms with E-state index in [2.05, 4.69) is 12.2 Å². The fraction of sp³-hybridized carbons (Fsp3) is 0.714. The van der Waals surface area contributed by atoms with Gasteiger partial charge in [-0.15, -0.1) is 0 Å². The third-order valence-electron chi connectivity index (χ3n) is 3.94. The van der Waals surface area contributed by atoms with E-state index in [1.165, 1.54) is 20.2 Å². The third kappa shape index (κ3) is 4.06. The van der Waals surface area contributed by atoms with Gasteiger partial charge in [0, 0.05) is 33.4 Å². The Morgan fingerprint density at radius 1 is 1.33 bits per heavy atom. The topological polar surface area (TPSA) is 71.8 Å². The summed E-state index contributed by atoms with van der Waals surface area (Å²) >= 11 is 0. The molecule has 1 aliphatic rings. The van der Waals surface area contributed by atoms with Crippen LogP contribution in [-0.2, 0) is 21.3 Å². The van der Waals surface area contributed by atoms with Crippen LogP contribution >= 0.6 is 0 Å². The first-order chi connectivity index (χ1) is 9.91. The molecule has 6 nitrogen and oxygen atoms in total. The lowest BCUT2D eigenvalue weighted by Crippen LogP contribution is -2.36. The van der Waals surface area contributed by atoms with Crippen molar-refractivity contribution in [2.24, 2.45) is 5.92 Å². The monoisotopic (exact) mass is 316 g/mol. The summed E-state index contributed by atoms with van der Waals surface area (Å²) in [6.45, 7) is 4.32. The fourth-order valence-electron chi connectivity index (χ4n) is 2.42. The maximum atomic E-state index is 11.9. The van der Waals surface area contributed by atoms with Crippen molar-refractivity contribution < 1.29 is 17.6 Å². The highest BCUT2D eigenvalue weighted by molar-refractivity contribution is 7.88. The van der Waals surface area contributed by atoms with E-state index in [-0.39, 0.29) is 5.09 Å². The van der Waals surface area contributed by atoms with Gasteiger partial charge >= 0.3 is 0 Å². The number of ether oxygens (including phenoxy) is 1. The van der Waals surface area contributed by atoms with Gasteiger partial charge in [0.05, 0.1) is 6.54 Å². The molecule has 1 aliphatic heterocycles. The Labute approximate surface area is 126 Å². The number of nitrogens with one attached hydrogen (secondary N) is 1. The summed E-state index contributed by atoms with van der Waals surface area (Å²) < 4.78 is 35.8. The van der Waals surface area contributed by atoms with Gasteiger partial charge in [0.2, 0.25) is 5.09 Å². The molecular weight excluding hydrogens is 292 g/mol. The number of furan rings is 1. The van der Waals surface area contributed by atoms with Crippen LogP contribution < -0.4 is 5.32 Å². The van der Waals surface area contributed by atoms with Gasteiger partial charge in [0.25, 0.3) is 10.0 Å². The van der Waals surface area contributed by atoms with Crippen molar-refractivity contribution in [3.63, 3.8) is 0 Å². The zero-order valence-electron chi connectivity index (χ0n) is 12.8. The first-order valence-electron chi connectivity index (χ1n) is 7.23. The van der Waals surface area contributed by atoms with Gasteiger partial charge in [0.1, 0.15) is 5.76 Å². The Bertz CT molecular complexity index is 547. The van der Waals surface area contributed by atoms with Crippen LogP contribution in [-0.4, -0.2) is 46.1 Å². The van der Waals surface area contributed by atoms with Crippen LogP contribution in [0.4, 0.5) is 0 Å². The van der Waals surface area contributed by atoms with Crippen LogP contribution in [0.5, 0.6) is 0 Å². The number of nitrogens with zero attached hydrogens (tertiary/aromatic N) is 1. The maximum absolute atomic E-state index is 11.9. The molecule has 2 heterocycles. The highest BCUT2D eigenvalue weighted by Gasteiger charge is 2.23. The van der Waals surface area contributed by atoms with Crippen molar-refractivity contribution in [1.82, 2.24) is 9.62 Å². The molecule has 1 aromatic heterocycles. The predicted octanol–water partition coefficient (Wildman–Crippen LogP) is 1.43. The number of sulfonamides is 1. The molecule has 0 bridgehead atoms. The molecule has 0 amide bonds. The Balaban J connectivity index is 1.91. The standard InChI is InChI=1S/C14H24N2O4S/c1-11(12-6-8-19-9-7-12)15-10-13-4-5-14(20-13)21(17,18)16(2)3/h4-5,11-12,15H,6-10H2,1-3H3. The fourth-order valence-corrected chi connectivity index (χ4v) is 3.23. The minimum atomic E-state index is -3.49. The second kappa shape index (κ2) is 6.91. The Kier molecular flexibility index (Phi) is 5.43. The molecule has 2 rings (SSSR count). The molecule has 0 saturated carbocycles. The second-order valence-corrected chi connectivity index (χ2v) is 7.71. The van der Waals surface area contributed by atoms with Crippen LogP contribution in [0.15, 0.2) is 21.6 Å². The zero-order chi connectivity index (χ0) is 15.5. The Morgan fingerprint density at radius 2 is 2.00 bits per heavy atom. The molecule has 120 valence electrons. The van der Waals surface area contributed by atoms with Crippen molar-refractivity contribution in [3.05, 3.63) is 17.9 Å². The maximum Gasteiger partial charge on any atom is 0.275 e. The van der Waals surface area contributed by atoms with E-state index in [1.807, 2.05) is 0 Å². The van der Waals surface area contributed by atoms with Gasteiger partial charge in [-0.2, -0.15) is 0 Å². The van der Waals surface area contributed by atoms with Gasteiger partial charge in [-0.3, -0.25) is 0 Å². The summed E-state index contributed by atoms with van der Waals surface area (Å²) in [6.07, 6.45) is 2.12. The van der Waals surface area contributed by atoms with Crippen molar-refractivity contribution >= 4 is 10.0 Å². The van der Waals surface area contributed by atoms with E-state index in [0.29, 0.717) is 24.3 Å². The molecular formula is C14H24N2O4S. The highest BCUT2D eigenvalue weighted by Crippen LogP contribution is 2.20. The molecule has 1 atom stereocenters. The largest absolute Gasteiger partial charge is 0.447 e. The van der Waals surface area contributed by atoms with E-state index in [1.54, 1.807) is 6.07 Å². The summed E-state index contributed by atoms with van der Waals surface area (Å²) in [4.78, 5) is 0. The van der Waals surface area contributed by atoms with Crippen LogP contribution in [0.2, 0.25) is 0 Å². The number of rotatable bonds is 6. The molecule has 0 aromatic carbocycles. The predicted molar refractivity (Wildman–Crippen MR) is 79.4 cm³/mol. The zero-order valence-corrected chi connectivity index (χ0v) is 13.6. The Morgan fingerprint density at radius 3 is 2.62 bits per heavy atom. The first kappa shape index (κ1) is 16.5. The lowest BCUT2D eigenvalue weighted by Gasteiger charge is -2.28. The summed E-state index contributed by atoms with van der Waals surface area (Å²) in [6, 6.07) is 3.57. The molecule has 0 radical (unpaired) electrons. The van der Waals surface area contributed by atoms with E-state index >= 15 is 0 Å². The highest BCUT2D eigenvalue weighted by atomic mass is 32.2. The van der Waals surface area contributed by atoms with Crippen molar-refractivity contribution in [1.29, 1.82) is 0 Å². The molecule has 21 heavy (non-hydrogen) atoms. The lowest BCUT2D eigenvalue weighted by molar-refractivity contribution is 0.0555. The van der Waals surface area contributed by atoms with E-state index in [4.69, 9.17) is 9.15 Å². The van der Waals surface area contributed by atoms with Crippen LogP contribution in [0, 0.1) is 5.92 Å². The normalized spacial score (nSPS) is 19.0. The lowest BCUT2D eigenvalue weighted by atomic mass is 9.93.